The SMILES string of the molecule is Cn1c(-c2ccccc2)cc(N2CCC(C(=O)O)CC2)[n+]1C. The molecule has 1 aliphatic rings. The molecule has 1 saturated heterocycles. The maximum absolute atomic E-state index is 11.1. The zero-order chi connectivity index (χ0) is 15.7. The highest BCUT2D eigenvalue weighted by Crippen LogP contribution is 2.26. The lowest BCUT2D eigenvalue weighted by Crippen LogP contribution is -2.46. The van der Waals surface area contributed by atoms with Crippen LogP contribution in [-0.2, 0) is 18.9 Å². The van der Waals surface area contributed by atoms with Crippen molar-refractivity contribution in [2.45, 2.75) is 12.8 Å². The summed E-state index contributed by atoms with van der Waals surface area (Å²) in [6, 6.07) is 12.5. The minimum Gasteiger partial charge on any atom is -0.481 e. The van der Waals surface area contributed by atoms with Crippen LogP contribution in [0.2, 0.25) is 0 Å². The molecule has 1 aliphatic heterocycles. The molecule has 1 N–H and O–H groups in total. The molecule has 2 heterocycles. The van der Waals surface area contributed by atoms with E-state index in [1.54, 1.807) is 0 Å². The summed E-state index contributed by atoms with van der Waals surface area (Å²) < 4.78 is 4.26. The number of piperidine rings is 1. The van der Waals surface area contributed by atoms with Crippen LogP contribution in [0.3, 0.4) is 0 Å². The Morgan fingerprint density at radius 2 is 1.86 bits per heavy atom. The lowest BCUT2D eigenvalue weighted by atomic mass is 9.97. The fourth-order valence-corrected chi connectivity index (χ4v) is 3.15. The zero-order valence-electron chi connectivity index (χ0n) is 13.1. The van der Waals surface area contributed by atoms with Crippen molar-refractivity contribution in [3.8, 4) is 11.3 Å². The van der Waals surface area contributed by atoms with Gasteiger partial charge in [-0.3, -0.25) is 9.69 Å². The number of carboxylic acids is 1. The van der Waals surface area contributed by atoms with E-state index in [-0.39, 0.29) is 5.92 Å². The average molecular weight is 300 g/mol. The summed E-state index contributed by atoms with van der Waals surface area (Å²) in [5.74, 6) is 0.283. The number of nitrogens with zero attached hydrogens (tertiary/aromatic N) is 3. The monoisotopic (exact) mass is 300 g/mol. The molecule has 1 aromatic heterocycles. The highest BCUT2D eigenvalue weighted by atomic mass is 16.4. The van der Waals surface area contributed by atoms with Gasteiger partial charge in [-0.2, -0.15) is 4.68 Å². The third-order valence-corrected chi connectivity index (χ3v) is 4.63. The van der Waals surface area contributed by atoms with Gasteiger partial charge in [0.05, 0.1) is 30.8 Å². The van der Waals surface area contributed by atoms with Gasteiger partial charge < -0.3 is 5.11 Å². The molecule has 0 bridgehead atoms. The first-order valence-corrected chi connectivity index (χ1v) is 7.67. The van der Waals surface area contributed by atoms with Crippen molar-refractivity contribution < 1.29 is 14.6 Å². The third kappa shape index (κ3) is 2.58. The largest absolute Gasteiger partial charge is 0.481 e. The van der Waals surface area contributed by atoms with Gasteiger partial charge in [-0.25, -0.2) is 4.68 Å². The van der Waals surface area contributed by atoms with Gasteiger partial charge in [0.1, 0.15) is 7.05 Å². The van der Waals surface area contributed by atoms with Crippen LogP contribution >= 0.6 is 0 Å². The molecule has 22 heavy (non-hydrogen) atoms. The topological polar surface area (TPSA) is 49.4 Å². The Morgan fingerprint density at radius 3 is 2.45 bits per heavy atom. The number of hydrogen-bond acceptors (Lipinski definition) is 2. The highest BCUT2D eigenvalue weighted by molar-refractivity contribution is 5.70. The van der Waals surface area contributed by atoms with Gasteiger partial charge in [0.25, 0.3) is 5.82 Å². The van der Waals surface area contributed by atoms with Crippen LogP contribution in [0.25, 0.3) is 11.3 Å². The van der Waals surface area contributed by atoms with Crippen molar-refractivity contribution in [2.75, 3.05) is 18.0 Å². The number of hydrogen-bond donors (Lipinski definition) is 1. The van der Waals surface area contributed by atoms with Crippen LogP contribution in [-0.4, -0.2) is 28.8 Å². The second-order valence-corrected chi connectivity index (χ2v) is 5.90. The Morgan fingerprint density at radius 1 is 1.23 bits per heavy atom. The molecule has 3 rings (SSSR count). The molecule has 0 aliphatic carbocycles. The van der Waals surface area contributed by atoms with E-state index in [0.29, 0.717) is 12.8 Å². The van der Waals surface area contributed by atoms with Gasteiger partial charge in [-0.15, -0.1) is 0 Å². The van der Waals surface area contributed by atoms with E-state index in [9.17, 15) is 4.79 Å². The van der Waals surface area contributed by atoms with Crippen LogP contribution in [0, 0.1) is 5.92 Å². The molecular formula is C17H22N3O2+. The lowest BCUT2D eigenvalue weighted by molar-refractivity contribution is -0.738. The summed E-state index contributed by atoms with van der Waals surface area (Å²) in [5.41, 5.74) is 2.35. The average Bonchev–Trinajstić information content (AvgIpc) is 2.84. The summed E-state index contributed by atoms with van der Waals surface area (Å²) in [5, 5.41) is 9.12. The molecule has 5 heteroatoms. The quantitative estimate of drug-likeness (QED) is 0.880. The lowest BCUT2D eigenvalue weighted by Gasteiger charge is -2.25. The van der Waals surface area contributed by atoms with Crippen molar-refractivity contribution in [1.82, 2.24) is 4.68 Å². The summed E-state index contributed by atoms with van der Waals surface area (Å²) in [6.45, 7) is 1.59. The van der Waals surface area contributed by atoms with Crippen molar-refractivity contribution in [3.05, 3.63) is 36.4 Å². The minimum absolute atomic E-state index is 0.195. The van der Waals surface area contributed by atoms with Crippen LogP contribution < -0.4 is 9.58 Å². The highest BCUT2D eigenvalue weighted by Gasteiger charge is 2.31. The van der Waals surface area contributed by atoms with E-state index in [2.05, 4.69) is 39.5 Å². The molecule has 0 amide bonds. The van der Waals surface area contributed by atoms with E-state index >= 15 is 0 Å². The van der Waals surface area contributed by atoms with Gasteiger partial charge in [0.2, 0.25) is 0 Å². The fourth-order valence-electron chi connectivity index (χ4n) is 3.15. The molecule has 0 spiro atoms. The van der Waals surface area contributed by atoms with Gasteiger partial charge in [-0.05, 0) is 12.8 Å². The van der Waals surface area contributed by atoms with Gasteiger partial charge in [0.15, 0.2) is 0 Å². The van der Waals surface area contributed by atoms with Crippen LogP contribution in [0.1, 0.15) is 12.8 Å². The van der Waals surface area contributed by atoms with Crippen LogP contribution in [0.4, 0.5) is 5.82 Å². The van der Waals surface area contributed by atoms with Crippen molar-refractivity contribution >= 4 is 11.8 Å². The summed E-state index contributed by atoms with van der Waals surface area (Å²) >= 11 is 0. The Balaban J connectivity index is 1.86. The first kappa shape index (κ1) is 14.6. The third-order valence-electron chi connectivity index (χ3n) is 4.63. The normalized spacial score (nSPS) is 16.0. The second kappa shape index (κ2) is 5.83. The smallest absolute Gasteiger partial charge is 0.306 e. The minimum atomic E-state index is -0.665. The maximum atomic E-state index is 11.1. The first-order valence-electron chi connectivity index (χ1n) is 7.67. The predicted molar refractivity (Wildman–Crippen MR) is 84.6 cm³/mol. The van der Waals surface area contributed by atoms with Crippen molar-refractivity contribution in [3.63, 3.8) is 0 Å². The van der Waals surface area contributed by atoms with E-state index in [4.69, 9.17) is 5.11 Å². The summed E-state index contributed by atoms with van der Waals surface area (Å²) in [6.07, 6.45) is 1.43. The van der Waals surface area contributed by atoms with E-state index in [1.807, 2.05) is 25.2 Å². The molecule has 1 fully saturated rings. The molecule has 2 aromatic rings. The predicted octanol–water partition coefficient (Wildman–Crippen LogP) is 1.82. The number of benzene rings is 1. The van der Waals surface area contributed by atoms with Crippen LogP contribution in [0.15, 0.2) is 36.4 Å². The number of carbonyl (C=O) groups is 1. The number of rotatable bonds is 3. The Labute approximate surface area is 130 Å². The Hall–Kier alpha value is -2.30. The number of aromatic nitrogens is 2. The van der Waals surface area contributed by atoms with E-state index in [1.165, 1.54) is 11.3 Å². The van der Waals surface area contributed by atoms with Gasteiger partial charge in [-0.1, -0.05) is 30.3 Å². The molecule has 0 radical (unpaired) electrons. The van der Waals surface area contributed by atoms with Gasteiger partial charge in [0, 0.05) is 12.6 Å². The Kier molecular flexibility index (Phi) is 3.88. The standard InChI is InChI=1S/C17H21N3O2/c1-18-15(13-6-4-3-5-7-13)12-16(19(18)2)20-10-8-14(9-11-20)17(21)22/h3-7,12,14H,8-11H2,1-2H3/p+1. The summed E-state index contributed by atoms with van der Waals surface area (Å²) in [4.78, 5) is 13.4. The molecule has 0 atom stereocenters. The number of carboxylic acid groups (broad SMARTS) is 1. The van der Waals surface area contributed by atoms with Crippen molar-refractivity contribution in [2.24, 2.45) is 20.0 Å². The molecule has 5 nitrogen and oxygen atoms in total. The molecule has 1 aromatic carbocycles. The number of anilines is 1. The molecule has 0 saturated carbocycles. The van der Waals surface area contributed by atoms with Crippen LogP contribution in [0.5, 0.6) is 0 Å². The maximum Gasteiger partial charge on any atom is 0.306 e. The second-order valence-electron chi connectivity index (χ2n) is 5.90. The molecule has 116 valence electrons. The zero-order valence-corrected chi connectivity index (χ0v) is 13.1. The van der Waals surface area contributed by atoms with Crippen molar-refractivity contribution in [1.29, 1.82) is 0 Å². The first-order chi connectivity index (χ1) is 10.6. The fraction of sp³-hybridized carbons (Fsp3) is 0.412. The number of aliphatic carboxylic acids is 1. The van der Waals surface area contributed by atoms with Gasteiger partial charge >= 0.3 is 5.97 Å². The Bertz CT molecular complexity index is 671. The molecular weight excluding hydrogens is 278 g/mol. The summed E-state index contributed by atoms with van der Waals surface area (Å²) in [7, 11) is 4.10. The van der Waals surface area contributed by atoms with E-state index in [0.717, 1.165) is 18.9 Å². The van der Waals surface area contributed by atoms with E-state index < -0.39 is 5.97 Å². The molecule has 0 unspecified atom stereocenters.